The van der Waals surface area contributed by atoms with Crippen LogP contribution in [-0.4, -0.2) is 38.6 Å². The number of alkyl halides is 3. The summed E-state index contributed by atoms with van der Waals surface area (Å²) in [6.07, 6.45) is -6.93. The van der Waals surface area contributed by atoms with E-state index in [1.807, 2.05) is 0 Å². The lowest BCUT2D eigenvalue weighted by Gasteiger charge is -2.22. The first-order valence-corrected chi connectivity index (χ1v) is 7.95. The van der Waals surface area contributed by atoms with Gasteiger partial charge in [0.2, 0.25) is 0 Å². The molecule has 0 fully saturated rings. The largest absolute Gasteiger partial charge is 0.490 e. The third-order valence-corrected chi connectivity index (χ3v) is 4.76. The SMILES string of the molecule is COP(=O)(CC(Cc1ccccc1)OC(=O)C(F)(F)F)OC. The van der Waals surface area contributed by atoms with Gasteiger partial charge in [-0.15, -0.1) is 0 Å². The minimum atomic E-state index is -5.13. The molecule has 0 heterocycles. The van der Waals surface area contributed by atoms with Crippen LogP contribution in [-0.2, 0) is 29.6 Å². The van der Waals surface area contributed by atoms with Gasteiger partial charge in [-0.3, -0.25) is 4.57 Å². The molecule has 0 saturated heterocycles. The van der Waals surface area contributed by atoms with E-state index in [4.69, 9.17) is 0 Å². The van der Waals surface area contributed by atoms with E-state index in [2.05, 4.69) is 13.8 Å². The molecule has 0 spiro atoms. The molecule has 1 atom stereocenters. The third-order valence-electron chi connectivity index (χ3n) is 2.79. The predicted molar refractivity (Wildman–Crippen MR) is 72.6 cm³/mol. The Morgan fingerprint density at radius 3 is 2.18 bits per heavy atom. The van der Waals surface area contributed by atoms with E-state index in [1.54, 1.807) is 30.3 Å². The van der Waals surface area contributed by atoms with Crippen molar-refractivity contribution in [3.05, 3.63) is 35.9 Å². The number of carbonyl (C=O) groups is 1. The normalized spacial score (nSPS) is 13.7. The smallest absolute Gasteiger partial charge is 0.455 e. The van der Waals surface area contributed by atoms with Gasteiger partial charge in [-0.1, -0.05) is 30.3 Å². The third kappa shape index (κ3) is 5.79. The van der Waals surface area contributed by atoms with Gasteiger partial charge in [0, 0.05) is 20.6 Å². The van der Waals surface area contributed by atoms with Crippen LogP contribution in [0.1, 0.15) is 5.56 Å². The summed E-state index contributed by atoms with van der Waals surface area (Å²) in [5, 5.41) is 0. The zero-order chi connectivity index (χ0) is 16.8. The van der Waals surface area contributed by atoms with Gasteiger partial charge in [-0.25, -0.2) is 4.79 Å². The molecule has 1 aromatic rings. The molecule has 0 N–H and O–H groups in total. The van der Waals surface area contributed by atoms with Gasteiger partial charge in [0.1, 0.15) is 6.10 Å². The number of rotatable bonds is 7. The minimum Gasteiger partial charge on any atom is -0.455 e. The molecule has 0 aliphatic carbocycles. The Balaban J connectivity index is 2.90. The number of esters is 1. The maximum absolute atomic E-state index is 12.3. The predicted octanol–water partition coefficient (Wildman–Crippen LogP) is 3.19. The van der Waals surface area contributed by atoms with Gasteiger partial charge < -0.3 is 13.8 Å². The van der Waals surface area contributed by atoms with E-state index in [1.165, 1.54) is 0 Å². The highest BCUT2D eigenvalue weighted by atomic mass is 31.2. The van der Waals surface area contributed by atoms with Gasteiger partial charge in [0.15, 0.2) is 0 Å². The molecule has 5 nitrogen and oxygen atoms in total. The van der Waals surface area contributed by atoms with Gasteiger partial charge in [0.05, 0.1) is 6.16 Å². The van der Waals surface area contributed by atoms with Crippen molar-refractivity contribution in [2.24, 2.45) is 0 Å². The molecular formula is C13H16F3O5P. The second kappa shape index (κ2) is 7.76. The summed E-state index contributed by atoms with van der Waals surface area (Å²) in [5.41, 5.74) is 0.626. The quantitative estimate of drug-likeness (QED) is 0.563. The first-order chi connectivity index (χ1) is 10.2. The van der Waals surface area contributed by atoms with E-state index >= 15 is 0 Å². The first-order valence-electron chi connectivity index (χ1n) is 6.22. The lowest BCUT2D eigenvalue weighted by atomic mass is 10.1. The molecule has 124 valence electrons. The van der Waals surface area contributed by atoms with Gasteiger partial charge in [-0.2, -0.15) is 13.2 Å². The van der Waals surface area contributed by atoms with E-state index in [-0.39, 0.29) is 6.42 Å². The molecule has 22 heavy (non-hydrogen) atoms. The first kappa shape index (κ1) is 18.7. The molecule has 1 aromatic carbocycles. The van der Waals surface area contributed by atoms with Crippen molar-refractivity contribution in [2.75, 3.05) is 20.4 Å². The average molecular weight is 340 g/mol. The molecule has 0 aromatic heterocycles. The molecule has 0 saturated carbocycles. The van der Waals surface area contributed by atoms with Crippen molar-refractivity contribution in [1.29, 1.82) is 0 Å². The molecule has 0 bridgehead atoms. The Morgan fingerprint density at radius 1 is 1.18 bits per heavy atom. The molecule has 0 radical (unpaired) electrons. The molecule has 1 rings (SSSR count). The maximum atomic E-state index is 12.3. The minimum absolute atomic E-state index is 0.0423. The van der Waals surface area contributed by atoms with Gasteiger partial charge in [-0.05, 0) is 5.56 Å². The number of carbonyl (C=O) groups excluding carboxylic acids is 1. The fourth-order valence-electron chi connectivity index (χ4n) is 1.71. The summed E-state index contributed by atoms with van der Waals surface area (Å²) in [6.45, 7) is 0. The Morgan fingerprint density at radius 2 is 1.73 bits per heavy atom. The number of hydrogen-bond donors (Lipinski definition) is 0. The second-order valence-corrected chi connectivity index (χ2v) is 6.69. The van der Waals surface area contributed by atoms with Crippen LogP contribution in [0.25, 0.3) is 0 Å². The fraction of sp³-hybridized carbons (Fsp3) is 0.462. The summed E-state index contributed by atoms with van der Waals surface area (Å²) in [5.74, 6) is -2.34. The lowest BCUT2D eigenvalue weighted by molar-refractivity contribution is -0.204. The van der Waals surface area contributed by atoms with Crippen LogP contribution in [0.4, 0.5) is 13.2 Å². The highest BCUT2D eigenvalue weighted by Gasteiger charge is 2.43. The average Bonchev–Trinajstić information content (AvgIpc) is 2.47. The molecule has 1 unspecified atom stereocenters. The Bertz CT molecular complexity index is 524. The van der Waals surface area contributed by atoms with Crippen molar-refractivity contribution in [1.82, 2.24) is 0 Å². The highest BCUT2D eigenvalue weighted by molar-refractivity contribution is 7.53. The zero-order valence-corrected chi connectivity index (χ0v) is 12.9. The zero-order valence-electron chi connectivity index (χ0n) is 12.0. The van der Waals surface area contributed by atoms with Crippen LogP contribution in [0.3, 0.4) is 0 Å². The standard InChI is InChI=1S/C13H16F3O5P/c1-19-22(18,20-2)9-11(21-12(17)13(14,15)16)8-10-6-4-3-5-7-10/h3-7,11H,8-9H2,1-2H3. The van der Waals surface area contributed by atoms with Crippen LogP contribution < -0.4 is 0 Å². The van der Waals surface area contributed by atoms with E-state index in [0.29, 0.717) is 5.56 Å². The Labute approximate surface area is 125 Å². The second-order valence-electron chi connectivity index (χ2n) is 4.37. The number of benzene rings is 1. The van der Waals surface area contributed by atoms with Crippen LogP contribution in [0, 0.1) is 0 Å². The molecular weight excluding hydrogens is 324 g/mol. The van der Waals surface area contributed by atoms with E-state index in [0.717, 1.165) is 14.2 Å². The fourth-order valence-corrected chi connectivity index (χ4v) is 2.86. The van der Waals surface area contributed by atoms with E-state index in [9.17, 15) is 22.5 Å². The number of halogens is 3. The van der Waals surface area contributed by atoms with Crippen LogP contribution in [0.15, 0.2) is 30.3 Å². The molecule has 0 amide bonds. The number of ether oxygens (including phenoxy) is 1. The molecule has 0 aliphatic heterocycles. The molecule has 0 aliphatic rings. The lowest BCUT2D eigenvalue weighted by Crippen LogP contribution is -2.33. The molecule has 9 heteroatoms. The number of hydrogen-bond acceptors (Lipinski definition) is 5. The van der Waals surface area contributed by atoms with Crippen molar-refractivity contribution >= 4 is 13.6 Å². The monoisotopic (exact) mass is 340 g/mol. The highest BCUT2D eigenvalue weighted by Crippen LogP contribution is 2.47. The van der Waals surface area contributed by atoms with Crippen molar-refractivity contribution in [3.8, 4) is 0 Å². The van der Waals surface area contributed by atoms with Crippen LogP contribution in [0.5, 0.6) is 0 Å². The summed E-state index contributed by atoms with van der Waals surface area (Å²) < 4.78 is 62.9. The van der Waals surface area contributed by atoms with E-state index < -0.39 is 32.0 Å². The van der Waals surface area contributed by atoms with Crippen molar-refractivity contribution < 1.29 is 36.3 Å². The summed E-state index contributed by atoms with van der Waals surface area (Å²) in [6, 6.07) is 8.40. The summed E-state index contributed by atoms with van der Waals surface area (Å²) in [7, 11) is -1.41. The van der Waals surface area contributed by atoms with Gasteiger partial charge in [0.25, 0.3) is 0 Å². The summed E-state index contributed by atoms with van der Waals surface area (Å²) >= 11 is 0. The topological polar surface area (TPSA) is 61.8 Å². The van der Waals surface area contributed by atoms with Crippen LogP contribution in [0.2, 0.25) is 0 Å². The van der Waals surface area contributed by atoms with Crippen LogP contribution >= 0.6 is 7.60 Å². The van der Waals surface area contributed by atoms with Gasteiger partial charge >= 0.3 is 19.7 Å². The van der Waals surface area contributed by atoms with Crippen molar-refractivity contribution in [3.63, 3.8) is 0 Å². The Kier molecular flexibility index (Phi) is 6.59. The maximum Gasteiger partial charge on any atom is 0.490 e. The van der Waals surface area contributed by atoms with Crippen molar-refractivity contribution in [2.45, 2.75) is 18.7 Å². The summed E-state index contributed by atoms with van der Waals surface area (Å²) in [4.78, 5) is 11.0. The Hall–Kier alpha value is -1.37.